The van der Waals surface area contributed by atoms with Crippen molar-refractivity contribution in [2.75, 3.05) is 0 Å². The Morgan fingerprint density at radius 2 is 1.87 bits per heavy atom. The fraction of sp³-hybridized carbons (Fsp3) is 0.435. The van der Waals surface area contributed by atoms with E-state index in [4.69, 9.17) is 9.84 Å². The SMILES string of the molecule is O=C(OC1CC(c2ccc(Br)s2)(c2nnc3n2CCCCCC3)C1)c1ccccc1. The van der Waals surface area contributed by atoms with Gasteiger partial charge >= 0.3 is 5.97 Å². The van der Waals surface area contributed by atoms with Crippen molar-refractivity contribution in [3.63, 3.8) is 0 Å². The topological polar surface area (TPSA) is 57.0 Å². The van der Waals surface area contributed by atoms with Gasteiger partial charge in [0.05, 0.1) is 14.8 Å². The molecular weight excluding hydrogens is 462 g/mol. The number of ether oxygens (including phenoxy) is 1. The van der Waals surface area contributed by atoms with Crippen LogP contribution in [0.3, 0.4) is 0 Å². The number of carbonyl (C=O) groups is 1. The highest BCUT2D eigenvalue weighted by Gasteiger charge is 2.53. The summed E-state index contributed by atoms with van der Waals surface area (Å²) in [7, 11) is 0. The molecule has 0 radical (unpaired) electrons. The van der Waals surface area contributed by atoms with Gasteiger partial charge in [0, 0.05) is 30.7 Å². The highest BCUT2D eigenvalue weighted by atomic mass is 79.9. The standard InChI is InChI=1S/C23H24BrN3O2S/c24-19-12-11-18(30-19)23(22-26-25-20-10-6-1-2-7-13-27(20)22)14-17(15-23)29-21(28)16-8-4-3-5-9-16/h3-5,8-9,11-12,17H,1-2,6-7,10,13-15H2. The van der Waals surface area contributed by atoms with Crippen molar-refractivity contribution < 1.29 is 9.53 Å². The summed E-state index contributed by atoms with van der Waals surface area (Å²) < 4.78 is 9.29. The molecule has 0 atom stereocenters. The maximum atomic E-state index is 12.5. The molecule has 156 valence electrons. The number of benzene rings is 1. The van der Waals surface area contributed by atoms with Crippen molar-refractivity contribution in [3.05, 3.63) is 68.3 Å². The maximum absolute atomic E-state index is 12.5. The molecule has 0 N–H and O–H groups in total. The molecule has 0 spiro atoms. The highest BCUT2D eigenvalue weighted by Crippen LogP contribution is 2.52. The Morgan fingerprint density at radius 3 is 2.63 bits per heavy atom. The Morgan fingerprint density at radius 1 is 1.07 bits per heavy atom. The molecule has 30 heavy (non-hydrogen) atoms. The molecule has 5 rings (SSSR count). The van der Waals surface area contributed by atoms with Crippen molar-refractivity contribution in [3.8, 4) is 0 Å². The van der Waals surface area contributed by atoms with E-state index >= 15 is 0 Å². The summed E-state index contributed by atoms with van der Waals surface area (Å²) in [6, 6.07) is 13.5. The van der Waals surface area contributed by atoms with Gasteiger partial charge in [0.2, 0.25) is 0 Å². The Labute approximate surface area is 188 Å². The van der Waals surface area contributed by atoms with Gasteiger partial charge < -0.3 is 9.30 Å². The van der Waals surface area contributed by atoms with Gasteiger partial charge in [0.15, 0.2) is 0 Å². The number of carbonyl (C=O) groups excluding carboxylic acids is 1. The van der Waals surface area contributed by atoms with Crippen molar-refractivity contribution in [1.82, 2.24) is 14.8 Å². The van der Waals surface area contributed by atoms with Crippen molar-refractivity contribution in [2.24, 2.45) is 0 Å². The van der Waals surface area contributed by atoms with Crippen molar-refractivity contribution >= 4 is 33.2 Å². The molecule has 5 nitrogen and oxygen atoms in total. The largest absolute Gasteiger partial charge is 0.459 e. The molecule has 1 saturated carbocycles. The predicted octanol–water partition coefficient (Wildman–Crippen LogP) is 5.52. The predicted molar refractivity (Wildman–Crippen MR) is 120 cm³/mol. The number of rotatable bonds is 4. The number of thiophene rings is 1. The van der Waals surface area contributed by atoms with Crippen LogP contribution >= 0.6 is 27.3 Å². The van der Waals surface area contributed by atoms with Crippen LogP contribution in [0.2, 0.25) is 0 Å². The third-order valence-corrected chi connectivity index (χ3v) is 8.10. The van der Waals surface area contributed by atoms with Crippen LogP contribution in [0, 0.1) is 0 Å². The number of hydrogen-bond donors (Lipinski definition) is 0. The first-order chi connectivity index (χ1) is 14.7. The lowest BCUT2D eigenvalue weighted by Gasteiger charge is -2.45. The van der Waals surface area contributed by atoms with Crippen LogP contribution < -0.4 is 0 Å². The summed E-state index contributed by atoms with van der Waals surface area (Å²) in [6.07, 6.45) is 7.23. The van der Waals surface area contributed by atoms with E-state index in [0.717, 1.165) is 47.7 Å². The van der Waals surface area contributed by atoms with Crippen LogP contribution in [0.4, 0.5) is 0 Å². The number of aromatic nitrogens is 3. The fourth-order valence-electron chi connectivity index (χ4n) is 4.68. The van der Waals surface area contributed by atoms with Gasteiger partial charge in [0.25, 0.3) is 0 Å². The second-order valence-electron chi connectivity index (χ2n) is 8.24. The Hall–Kier alpha value is -1.99. The van der Waals surface area contributed by atoms with Crippen LogP contribution in [0.5, 0.6) is 0 Å². The van der Waals surface area contributed by atoms with Crippen LogP contribution in [0.15, 0.2) is 46.3 Å². The van der Waals surface area contributed by atoms with E-state index in [9.17, 15) is 4.79 Å². The summed E-state index contributed by atoms with van der Waals surface area (Å²) >= 11 is 5.36. The zero-order valence-electron chi connectivity index (χ0n) is 16.7. The lowest BCUT2D eigenvalue weighted by molar-refractivity contribution is -0.0153. The molecule has 2 aromatic heterocycles. The Kier molecular flexibility index (Phi) is 5.50. The third-order valence-electron chi connectivity index (χ3n) is 6.27. The molecule has 1 aliphatic heterocycles. The maximum Gasteiger partial charge on any atom is 0.338 e. The first kappa shape index (κ1) is 19.9. The van der Waals surface area contributed by atoms with E-state index in [1.807, 2.05) is 18.2 Å². The number of halogens is 1. The first-order valence-electron chi connectivity index (χ1n) is 10.6. The number of fused-ring (bicyclic) bond motifs is 1. The quantitative estimate of drug-likeness (QED) is 0.456. The number of esters is 1. The molecule has 2 aliphatic rings. The molecule has 1 aliphatic carbocycles. The van der Waals surface area contributed by atoms with Gasteiger partial charge in [-0.2, -0.15) is 0 Å². The van der Waals surface area contributed by atoms with Crippen LogP contribution in [0.25, 0.3) is 0 Å². The van der Waals surface area contributed by atoms with E-state index in [-0.39, 0.29) is 17.5 Å². The second-order valence-corrected chi connectivity index (χ2v) is 10.7. The lowest BCUT2D eigenvalue weighted by Crippen LogP contribution is -2.49. The zero-order chi connectivity index (χ0) is 20.6. The second kappa shape index (κ2) is 8.27. The summed E-state index contributed by atoms with van der Waals surface area (Å²) in [5.74, 6) is 1.89. The van der Waals surface area contributed by atoms with Gasteiger partial charge in [-0.05, 0) is 53.0 Å². The minimum Gasteiger partial charge on any atom is -0.459 e. The van der Waals surface area contributed by atoms with E-state index in [1.165, 1.54) is 24.1 Å². The molecular formula is C23H24BrN3O2S. The molecule has 3 aromatic rings. The smallest absolute Gasteiger partial charge is 0.338 e. The molecule has 1 aromatic carbocycles. The minimum atomic E-state index is -0.252. The van der Waals surface area contributed by atoms with Crippen molar-refractivity contribution in [1.29, 1.82) is 0 Å². The van der Waals surface area contributed by atoms with Gasteiger partial charge in [-0.25, -0.2) is 4.79 Å². The third kappa shape index (κ3) is 3.62. The summed E-state index contributed by atoms with van der Waals surface area (Å²) in [6.45, 7) is 0.973. The van der Waals surface area contributed by atoms with Gasteiger partial charge in [-0.15, -0.1) is 21.5 Å². The van der Waals surface area contributed by atoms with Crippen molar-refractivity contribution in [2.45, 2.75) is 63.0 Å². The number of hydrogen-bond acceptors (Lipinski definition) is 5. The normalized spacial score (nSPS) is 23.7. The molecule has 0 amide bonds. The van der Waals surface area contributed by atoms with E-state index in [2.05, 4.69) is 37.7 Å². The van der Waals surface area contributed by atoms with Crippen LogP contribution in [-0.2, 0) is 23.1 Å². The highest BCUT2D eigenvalue weighted by molar-refractivity contribution is 9.11. The number of aryl methyl sites for hydroxylation is 1. The molecule has 1 fully saturated rings. The average molecular weight is 486 g/mol. The van der Waals surface area contributed by atoms with Crippen LogP contribution in [-0.4, -0.2) is 26.8 Å². The summed E-state index contributed by atoms with van der Waals surface area (Å²) in [4.78, 5) is 13.8. The molecule has 3 heterocycles. The zero-order valence-corrected chi connectivity index (χ0v) is 19.1. The van der Waals surface area contributed by atoms with Crippen LogP contribution in [0.1, 0.15) is 65.4 Å². The van der Waals surface area contributed by atoms with E-state index in [1.54, 1.807) is 23.5 Å². The van der Waals surface area contributed by atoms with E-state index < -0.39 is 0 Å². The molecule has 0 bridgehead atoms. The Balaban J connectivity index is 1.43. The summed E-state index contributed by atoms with van der Waals surface area (Å²) in [5.41, 5.74) is 0.365. The fourth-order valence-corrected chi connectivity index (χ4v) is 6.27. The van der Waals surface area contributed by atoms with Gasteiger partial charge in [0.1, 0.15) is 17.8 Å². The Bertz CT molecular complexity index is 1040. The average Bonchev–Trinajstić information content (AvgIpc) is 3.31. The minimum absolute atomic E-state index is 0.111. The van der Waals surface area contributed by atoms with Gasteiger partial charge in [-0.1, -0.05) is 31.0 Å². The summed E-state index contributed by atoms with van der Waals surface area (Å²) in [5, 5.41) is 9.27. The molecule has 0 unspecified atom stereocenters. The monoisotopic (exact) mass is 485 g/mol. The lowest BCUT2D eigenvalue weighted by atomic mass is 9.65. The molecule has 7 heteroatoms. The van der Waals surface area contributed by atoms with Gasteiger partial charge in [-0.3, -0.25) is 0 Å². The number of nitrogens with zero attached hydrogens (tertiary/aromatic N) is 3. The van der Waals surface area contributed by atoms with E-state index in [0.29, 0.717) is 5.56 Å². The first-order valence-corrected chi connectivity index (χ1v) is 12.2. The molecule has 0 saturated heterocycles.